The Bertz CT molecular complexity index is 853. The summed E-state index contributed by atoms with van der Waals surface area (Å²) in [6.07, 6.45) is 0.989. The van der Waals surface area contributed by atoms with Crippen LogP contribution in [0.4, 0.5) is 0 Å². The lowest BCUT2D eigenvalue weighted by Crippen LogP contribution is -2.35. The van der Waals surface area contributed by atoms with Gasteiger partial charge in [0.2, 0.25) is 11.8 Å². The first-order valence-electron chi connectivity index (χ1n) is 9.79. The molecule has 0 aliphatic carbocycles. The maximum Gasteiger partial charge on any atom is 0.227 e. The van der Waals surface area contributed by atoms with E-state index in [2.05, 4.69) is 0 Å². The molecule has 1 fully saturated rings. The number of hydrogen-bond donors (Lipinski definition) is 0. The third kappa shape index (κ3) is 5.08. The van der Waals surface area contributed by atoms with Gasteiger partial charge in [-0.2, -0.15) is 0 Å². The first kappa shape index (κ1) is 20.7. The molecular weight excluding hydrogens is 368 g/mol. The third-order valence-electron chi connectivity index (χ3n) is 5.34. The average Bonchev–Trinajstić information content (AvgIpc) is 3.12. The van der Waals surface area contributed by atoms with E-state index in [9.17, 15) is 9.59 Å². The summed E-state index contributed by atoms with van der Waals surface area (Å²) in [7, 11) is 5.01. The molecule has 154 valence electrons. The molecule has 0 spiro atoms. The Balaban J connectivity index is 1.54. The van der Waals surface area contributed by atoms with Crippen LogP contribution < -0.4 is 9.47 Å². The van der Waals surface area contributed by atoms with E-state index in [1.54, 1.807) is 31.1 Å². The zero-order valence-electron chi connectivity index (χ0n) is 17.3. The number of rotatable bonds is 8. The minimum absolute atomic E-state index is 0.0226. The number of benzene rings is 2. The van der Waals surface area contributed by atoms with Crippen molar-refractivity contribution in [3.8, 4) is 11.5 Å². The summed E-state index contributed by atoms with van der Waals surface area (Å²) in [5, 5.41) is 0. The van der Waals surface area contributed by atoms with Crippen molar-refractivity contribution in [2.24, 2.45) is 5.92 Å². The quantitative estimate of drug-likeness (QED) is 0.689. The van der Waals surface area contributed by atoms with Gasteiger partial charge in [-0.25, -0.2) is 0 Å². The SMILES string of the molecule is COc1ccc(CCN(C)C(=O)C2CC(=O)N(Cc3ccccc3)C2)cc1OC. The molecule has 2 aromatic rings. The normalized spacial score (nSPS) is 16.0. The number of methoxy groups -OCH3 is 2. The Morgan fingerprint density at radius 1 is 1.07 bits per heavy atom. The topological polar surface area (TPSA) is 59.1 Å². The Hall–Kier alpha value is -3.02. The highest BCUT2D eigenvalue weighted by Crippen LogP contribution is 2.28. The molecule has 0 aromatic heterocycles. The highest BCUT2D eigenvalue weighted by molar-refractivity contribution is 5.89. The van der Waals surface area contributed by atoms with Gasteiger partial charge < -0.3 is 19.3 Å². The second-order valence-corrected chi connectivity index (χ2v) is 7.36. The highest BCUT2D eigenvalue weighted by atomic mass is 16.5. The number of carbonyl (C=O) groups is 2. The molecule has 1 aliphatic heterocycles. The molecule has 1 unspecified atom stereocenters. The van der Waals surface area contributed by atoms with E-state index in [1.165, 1.54) is 0 Å². The van der Waals surface area contributed by atoms with E-state index in [0.717, 1.165) is 11.1 Å². The maximum atomic E-state index is 12.8. The largest absolute Gasteiger partial charge is 0.493 e. The zero-order chi connectivity index (χ0) is 20.8. The molecule has 3 rings (SSSR count). The van der Waals surface area contributed by atoms with E-state index in [4.69, 9.17) is 9.47 Å². The van der Waals surface area contributed by atoms with Crippen LogP contribution in [0.1, 0.15) is 17.5 Å². The Kier molecular flexibility index (Phi) is 6.75. The van der Waals surface area contributed by atoms with Crippen molar-refractivity contribution in [1.29, 1.82) is 0 Å². The van der Waals surface area contributed by atoms with Crippen LogP contribution in [0.2, 0.25) is 0 Å². The molecule has 1 aliphatic rings. The van der Waals surface area contributed by atoms with Crippen LogP contribution in [0.15, 0.2) is 48.5 Å². The van der Waals surface area contributed by atoms with E-state index in [0.29, 0.717) is 37.6 Å². The number of hydrogen-bond acceptors (Lipinski definition) is 4. The molecule has 1 saturated heterocycles. The highest BCUT2D eigenvalue weighted by Gasteiger charge is 2.35. The van der Waals surface area contributed by atoms with Gasteiger partial charge in [-0.1, -0.05) is 36.4 Å². The number of likely N-dealkylation sites (tertiary alicyclic amines) is 1. The van der Waals surface area contributed by atoms with Gasteiger partial charge in [-0.05, 0) is 29.7 Å². The van der Waals surface area contributed by atoms with Gasteiger partial charge in [0.05, 0.1) is 20.1 Å². The van der Waals surface area contributed by atoms with Gasteiger partial charge in [-0.3, -0.25) is 9.59 Å². The van der Waals surface area contributed by atoms with Crippen LogP contribution in [0.5, 0.6) is 11.5 Å². The van der Waals surface area contributed by atoms with Gasteiger partial charge in [0.1, 0.15) is 0 Å². The summed E-state index contributed by atoms with van der Waals surface area (Å²) >= 11 is 0. The molecule has 0 bridgehead atoms. The molecule has 1 atom stereocenters. The Labute approximate surface area is 172 Å². The zero-order valence-corrected chi connectivity index (χ0v) is 17.3. The van der Waals surface area contributed by atoms with Crippen molar-refractivity contribution < 1.29 is 19.1 Å². The van der Waals surface area contributed by atoms with Crippen LogP contribution in [-0.4, -0.2) is 56.0 Å². The third-order valence-corrected chi connectivity index (χ3v) is 5.34. The molecular formula is C23H28N2O4. The average molecular weight is 396 g/mol. The molecule has 2 aromatic carbocycles. The van der Waals surface area contributed by atoms with Crippen LogP contribution >= 0.6 is 0 Å². The molecule has 0 saturated carbocycles. The number of ether oxygens (including phenoxy) is 2. The van der Waals surface area contributed by atoms with Gasteiger partial charge in [0, 0.05) is 33.1 Å². The molecule has 0 N–H and O–H groups in total. The predicted molar refractivity (Wildman–Crippen MR) is 111 cm³/mol. The predicted octanol–water partition coefficient (Wildman–Crippen LogP) is 2.75. The van der Waals surface area contributed by atoms with Crippen LogP contribution in [0.3, 0.4) is 0 Å². The second kappa shape index (κ2) is 9.45. The Morgan fingerprint density at radius 2 is 1.79 bits per heavy atom. The summed E-state index contributed by atoms with van der Waals surface area (Å²) in [6, 6.07) is 15.6. The van der Waals surface area contributed by atoms with Crippen LogP contribution in [0.25, 0.3) is 0 Å². The Morgan fingerprint density at radius 3 is 2.48 bits per heavy atom. The van der Waals surface area contributed by atoms with Crippen molar-refractivity contribution in [2.45, 2.75) is 19.4 Å². The lowest BCUT2D eigenvalue weighted by Gasteiger charge is -2.22. The number of amides is 2. The van der Waals surface area contributed by atoms with Gasteiger partial charge >= 0.3 is 0 Å². The van der Waals surface area contributed by atoms with Crippen LogP contribution in [0, 0.1) is 5.92 Å². The van der Waals surface area contributed by atoms with Crippen molar-refractivity contribution in [3.05, 3.63) is 59.7 Å². The molecule has 29 heavy (non-hydrogen) atoms. The van der Waals surface area contributed by atoms with Gasteiger partial charge in [-0.15, -0.1) is 0 Å². The standard InChI is InChI=1S/C23H28N2O4/c1-24(12-11-17-9-10-20(28-2)21(13-17)29-3)23(27)19-14-22(26)25(16-19)15-18-7-5-4-6-8-18/h4-10,13,19H,11-12,14-16H2,1-3H3. The summed E-state index contributed by atoms with van der Waals surface area (Å²) in [5.74, 6) is 1.15. The molecule has 0 radical (unpaired) electrons. The van der Waals surface area contributed by atoms with Crippen molar-refractivity contribution in [2.75, 3.05) is 34.4 Å². The van der Waals surface area contributed by atoms with Crippen molar-refractivity contribution >= 4 is 11.8 Å². The summed E-state index contributed by atoms with van der Waals surface area (Å²) in [6.45, 7) is 1.61. The maximum absolute atomic E-state index is 12.8. The van der Waals surface area contributed by atoms with Gasteiger partial charge in [0.25, 0.3) is 0 Å². The van der Waals surface area contributed by atoms with E-state index < -0.39 is 0 Å². The van der Waals surface area contributed by atoms with Crippen molar-refractivity contribution in [3.63, 3.8) is 0 Å². The molecule has 6 nitrogen and oxygen atoms in total. The summed E-state index contributed by atoms with van der Waals surface area (Å²) in [4.78, 5) is 28.7. The van der Waals surface area contributed by atoms with Crippen molar-refractivity contribution in [1.82, 2.24) is 9.80 Å². The second-order valence-electron chi connectivity index (χ2n) is 7.36. The minimum Gasteiger partial charge on any atom is -0.493 e. The minimum atomic E-state index is -0.276. The lowest BCUT2D eigenvalue weighted by atomic mass is 10.1. The fraction of sp³-hybridized carbons (Fsp3) is 0.391. The lowest BCUT2D eigenvalue weighted by molar-refractivity contribution is -0.134. The van der Waals surface area contributed by atoms with E-state index in [-0.39, 0.29) is 24.2 Å². The number of nitrogens with zero attached hydrogens (tertiary/aromatic N) is 2. The molecule has 2 amide bonds. The molecule has 6 heteroatoms. The monoisotopic (exact) mass is 396 g/mol. The first-order valence-corrected chi connectivity index (χ1v) is 9.79. The summed E-state index contributed by atoms with van der Waals surface area (Å²) in [5.41, 5.74) is 2.14. The fourth-order valence-electron chi connectivity index (χ4n) is 3.65. The fourth-order valence-corrected chi connectivity index (χ4v) is 3.65. The molecule has 1 heterocycles. The smallest absolute Gasteiger partial charge is 0.227 e. The van der Waals surface area contributed by atoms with Gasteiger partial charge in [0.15, 0.2) is 11.5 Å². The van der Waals surface area contributed by atoms with Crippen LogP contribution in [-0.2, 0) is 22.6 Å². The first-order chi connectivity index (χ1) is 14.0. The van der Waals surface area contributed by atoms with E-state index in [1.807, 2.05) is 48.5 Å². The number of likely N-dealkylation sites (N-methyl/N-ethyl adjacent to an activating group) is 1. The number of carbonyl (C=O) groups excluding carboxylic acids is 2. The summed E-state index contributed by atoms with van der Waals surface area (Å²) < 4.78 is 10.6. The van der Waals surface area contributed by atoms with E-state index >= 15 is 0 Å².